The van der Waals surface area contributed by atoms with Gasteiger partial charge in [-0.3, -0.25) is 39.9 Å². The van der Waals surface area contributed by atoms with Gasteiger partial charge in [0.25, 0.3) is 0 Å². The zero-order chi connectivity index (χ0) is 104. The zero-order valence-corrected chi connectivity index (χ0v) is 102. The summed E-state index contributed by atoms with van der Waals surface area (Å²) in [6.45, 7) is 77.9. The summed E-state index contributed by atoms with van der Waals surface area (Å²) in [6.07, 6.45) is 0. The molecule has 0 aliphatic heterocycles. The molecular formula is C126H164Cl4Co4N12. The van der Waals surface area contributed by atoms with Gasteiger partial charge >= 0.3 is 99.9 Å². The third kappa shape index (κ3) is 39.0. The number of hydrogen-bond acceptors (Lipinski definition) is 12. The van der Waals surface area contributed by atoms with Gasteiger partial charge in [0.05, 0.1) is 137 Å². The first-order valence-corrected chi connectivity index (χ1v) is 54.6. The molecule has 12 aromatic rings. The standard InChI is InChI=1S/2C33H43N3.C29H35N3.C27H31N3.4CH3.4ClH.4Co/c2*1-20(2)26-14-11-15-27(21(3)4)32(26)34-24(9)30-18-13-19-31(36-30)25(10)35-33-28(22(5)6)16-12-17-29(33)23(7)8;1-20(30-26-16-11-9-14-22(26)28(3,4)5)24-18-13-19-25(32-24)21(2)31-27-17-12-10-15-23(27)29(6,7)8;1-16-12-18(3)26(19(4)13-16)28-22(7)24-10-9-11-25(30-24)23(8)29-27-20(5)14-17(2)15-21(27)6;;;;;;;;;;;;/h2*11-23H,1-10H3;9-19H,1-8H3;9-15H,1-8H3;4*1H3;4*1H;;;;/q;;;;4*-1;;;;;4*+2/p-4. The first-order chi connectivity index (χ1) is 66.0. The molecule has 792 valence electrons. The van der Waals surface area contributed by atoms with Crippen molar-refractivity contribution in [3.05, 3.63) is 383 Å². The Hall–Kier alpha value is -9.09. The smallest absolute Gasteiger partial charge is 2.00 e. The maximum absolute atomic E-state index is 5.15. The first kappa shape index (κ1) is 135. The second-order valence-electron chi connectivity index (χ2n) is 40.7. The van der Waals surface area contributed by atoms with Gasteiger partial charge in [-0.05, 0) is 294 Å². The fraction of sp³-hybridized carbons (Fsp3) is 0.365. The van der Waals surface area contributed by atoms with Gasteiger partial charge in [0.1, 0.15) is 0 Å². The van der Waals surface area contributed by atoms with E-state index < -0.39 is 0 Å². The van der Waals surface area contributed by atoms with E-state index in [0.29, 0.717) is 73.1 Å². The van der Waals surface area contributed by atoms with E-state index in [4.69, 9.17) is 100 Å². The third-order valence-electron chi connectivity index (χ3n) is 24.3. The van der Waals surface area contributed by atoms with E-state index in [0.717, 1.165) is 137 Å². The SMILES string of the molecule is CC(=Nc1c(C(C)C)cccc1C(C)C)c1cccc(C(C)=Nc2c(C(C)C)cccc2C(C)C)n1.CC(=Nc1c(C(C)C)cccc1C(C)C)c1cccc(C(C)=Nc2c(C(C)C)cccc2C(C)C)n1.CC(=Nc1c(C)cc(C)cc1C)c1cccc(C(C)=Nc2c(C)cc(C)cc2C)n1.CC(=Nc1ccccc1C(C)(C)C)c1cccc(C(C)=Nc2ccccc2C(C)(C)C)n1.[CH3-].[CH3-].[CH3-].[CH3-].[Cl][Co][Cl].[Cl][Co][Cl].[Co+2].[Co+2]. The first-order valence-electron chi connectivity index (χ1n) is 48.8. The van der Waals surface area contributed by atoms with Crippen LogP contribution >= 0.6 is 40.6 Å². The van der Waals surface area contributed by atoms with Crippen LogP contribution in [0.25, 0.3) is 0 Å². The van der Waals surface area contributed by atoms with Crippen LogP contribution in [0.1, 0.15) is 390 Å². The summed E-state index contributed by atoms with van der Waals surface area (Å²) in [5, 5.41) is 0. The Balaban J connectivity index is 0.000000944. The largest absolute Gasteiger partial charge is 2.00 e. The van der Waals surface area contributed by atoms with Crippen molar-refractivity contribution in [2.24, 2.45) is 39.9 Å². The number of halogens is 4. The van der Waals surface area contributed by atoms with Crippen LogP contribution in [-0.2, 0) is 70.2 Å². The molecule has 0 fully saturated rings. The molecule has 0 spiro atoms. The molecule has 0 aliphatic rings. The molecule has 0 amide bonds. The molecule has 8 aromatic carbocycles. The van der Waals surface area contributed by atoms with Crippen LogP contribution < -0.4 is 0 Å². The average Bonchev–Trinajstić information content (AvgIpc) is 0.813. The van der Waals surface area contributed by atoms with Gasteiger partial charge in [0, 0.05) is 0 Å². The van der Waals surface area contributed by atoms with Crippen molar-refractivity contribution in [1.29, 1.82) is 0 Å². The van der Waals surface area contributed by atoms with Crippen LogP contribution in [-0.4, -0.2) is 65.6 Å². The number of rotatable bonds is 24. The van der Waals surface area contributed by atoms with E-state index in [-0.39, 0.29) is 74.1 Å². The minimum Gasteiger partial charge on any atom is 2.00 e. The summed E-state index contributed by atoms with van der Waals surface area (Å²) in [5.41, 5.74) is 42.7. The summed E-state index contributed by atoms with van der Waals surface area (Å²) in [6, 6.07) is 75.9. The molecule has 0 saturated carbocycles. The van der Waals surface area contributed by atoms with Crippen molar-refractivity contribution in [3.8, 4) is 0 Å². The molecule has 0 atom stereocenters. The van der Waals surface area contributed by atoms with Crippen LogP contribution in [0.15, 0.2) is 258 Å². The fourth-order valence-corrected chi connectivity index (χ4v) is 16.8. The van der Waals surface area contributed by atoms with Crippen LogP contribution in [0.4, 0.5) is 45.5 Å². The van der Waals surface area contributed by atoms with Gasteiger partial charge in [-0.25, -0.2) is 19.9 Å². The predicted octanol–water partition coefficient (Wildman–Crippen LogP) is 39.4. The van der Waals surface area contributed by atoms with E-state index in [2.05, 4.69) is 367 Å². The Bertz CT molecular complexity index is 5760. The molecule has 0 bridgehead atoms. The summed E-state index contributed by atoms with van der Waals surface area (Å²) in [4.78, 5) is 60.0. The van der Waals surface area contributed by atoms with Crippen molar-refractivity contribution in [1.82, 2.24) is 19.9 Å². The molecule has 4 aromatic heterocycles. The second-order valence-corrected chi connectivity index (χ2v) is 44.2. The van der Waals surface area contributed by atoms with E-state index in [1.165, 1.54) is 89.0 Å². The van der Waals surface area contributed by atoms with E-state index in [1.807, 2.05) is 100 Å². The Morgan fingerprint density at radius 1 is 0.226 bits per heavy atom. The molecule has 4 heterocycles. The van der Waals surface area contributed by atoms with Crippen LogP contribution in [0, 0.1) is 71.2 Å². The number of pyridine rings is 4. The third-order valence-corrected chi connectivity index (χ3v) is 24.3. The fourth-order valence-electron chi connectivity index (χ4n) is 16.8. The average molecular weight is 2220 g/mol. The van der Waals surface area contributed by atoms with Crippen molar-refractivity contribution >= 4 is 132 Å². The molecule has 0 unspecified atom stereocenters. The second kappa shape index (κ2) is 63.8. The number of nitrogens with zero attached hydrogens (tertiary/aromatic N) is 12. The number of aliphatic imine (C=N–C) groups is 8. The number of para-hydroxylation sites is 6. The minimum atomic E-state index is 0. The maximum Gasteiger partial charge on any atom is 2.00 e. The number of hydrogen-bond donors (Lipinski definition) is 0. The molecule has 0 saturated heterocycles. The normalized spacial score (nSPS) is 12.2. The summed E-state index contributed by atoms with van der Waals surface area (Å²) >= 11 is 0.764. The molecule has 146 heavy (non-hydrogen) atoms. The van der Waals surface area contributed by atoms with Crippen LogP contribution in [0.2, 0.25) is 0 Å². The van der Waals surface area contributed by atoms with E-state index in [1.54, 1.807) is 0 Å². The Labute approximate surface area is 932 Å². The molecule has 0 N–H and O–H groups in total. The molecule has 12 nitrogen and oxygen atoms in total. The number of aromatic nitrogens is 4. The zero-order valence-electron chi connectivity index (χ0n) is 94.6. The Morgan fingerprint density at radius 3 is 0.527 bits per heavy atom. The Kier molecular flexibility index (Phi) is 59.0. The topological polar surface area (TPSA) is 150 Å². The monoisotopic (exact) mass is 2220 g/mol. The van der Waals surface area contributed by atoms with Crippen LogP contribution in [0.3, 0.4) is 0 Å². The summed E-state index contributed by atoms with van der Waals surface area (Å²) in [5.74, 6) is 3.22. The van der Waals surface area contributed by atoms with Gasteiger partial charge in [-0.2, -0.15) is 0 Å². The summed E-state index contributed by atoms with van der Waals surface area (Å²) < 4.78 is 0. The number of aryl methyl sites for hydroxylation is 6. The van der Waals surface area contributed by atoms with Crippen molar-refractivity contribution in [2.45, 2.75) is 307 Å². The van der Waals surface area contributed by atoms with Gasteiger partial charge in [0.2, 0.25) is 0 Å². The van der Waals surface area contributed by atoms with Crippen molar-refractivity contribution in [3.63, 3.8) is 0 Å². The number of benzene rings is 8. The van der Waals surface area contributed by atoms with Crippen molar-refractivity contribution < 1.29 is 59.3 Å². The van der Waals surface area contributed by atoms with E-state index >= 15 is 0 Å². The minimum absolute atomic E-state index is 0. The summed E-state index contributed by atoms with van der Waals surface area (Å²) in [7, 11) is 18.9. The Morgan fingerprint density at radius 2 is 0.370 bits per heavy atom. The van der Waals surface area contributed by atoms with Gasteiger partial charge < -0.3 is 29.7 Å². The van der Waals surface area contributed by atoms with Crippen LogP contribution in [0.5, 0.6) is 0 Å². The molecule has 2 radical (unpaired) electrons. The maximum atomic E-state index is 5.15. The van der Waals surface area contributed by atoms with Gasteiger partial charge in [-0.15, -0.1) is 0 Å². The van der Waals surface area contributed by atoms with Gasteiger partial charge in [0.15, 0.2) is 0 Å². The molecule has 20 heteroatoms. The van der Waals surface area contributed by atoms with E-state index in [9.17, 15) is 0 Å². The van der Waals surface area contributed by atoms with Crippen molar-refractivity contribution in [2.75, 3.05) is 0 Å². The molecule has 0 aliphatic carbocycles. The molecular weight excluding hydrogens is 2060 g/mol. The predicted molar refractivity (Wildman–Crippen MR) is 631 cm³/mol. The van der Waals surface area contributed by atoms with Gasteiger partial charge in [-0.1, -0.05) is 321 Å². The quantitative estimate of drug-likeness (QED) is 0.0437. The molecule has 12 rings (SSSR count).